The first kappa shape index (κ1) is 20.2. The molecule has 0 spiro atoms. The summed E-state index contributed by atoms with van der Waals surface area (Å²) in [7, 11) is -3.83. The van der Waals surface area contributed by atoms with Gasteiger partial charge in [0.1, 0.15) is 0 Å². The van der Waals surface area contributed by atoms with Gasteiger partial charge in [0.05, 0.1) is 10.6 Å². The minimum atomic E-state index is -3.83. The number of carbonyl (C=O) groups excluding carboxylic acids is 1. The number of primary sulfonamides is 1. The highest BCUT2D eigenvalue weighted by molar-refractivity contribution is 7.89. The van der Waals surface area contributed by atoms with Gasteiger partial charge in [-0.25, -0.2) is 13.6 Å². The van der Waals surface area contributed by atoms with Gasteiger partial charge >= 0.3 is 0 Å². The van der Waals surface area contributed by atoms with Crippen LogP contribution >= 0.6 is 23.8 Å². The normalized spacial score (nSPS) is 14.9. The molecule has 28 heavy (non-hydrogen) atoms. The molecule has 11 heteroatoms. The Morgan fingerprint density at radius 1 is 1.29 bits per heavy atom. The largest absolute Gasteiger partial charge is 0.331 e. The van der Waals surface area contributed by atoms with Crippen LogP contribution in [0.1, 0.15) is 12.5 Å². The summed E-state index contributed by atoms with van der Waals surface area (Å²) in [6.45, 7) is 2.32. The number of anilines is 2. The molecule has 2 aromatic carbocycles. The van der Waals surface area contributed by atoms with Gasteiger partial charge in [-0.05, 0) is 55.5 Å². The molecule has 0 aliphatic carbocycles. The molecule has 0 fully saturated rings. The van der Waals surface area contributed by atoms with Crippen molar-refractivity contribution < 1.29 is 13.2 Å². The molecule has 1 aliphatic rings. The molecule has 0 atom stereocenters. The zero-order chi connectivity index (χ0) is 20.5. The van der Waals surface area contributed by atoms with Crippen LogP contribution in [-0.2, 0) is 14.8 Å². The number of benzene rings is 2. The lowest BCUT2D eigenvalue weighted by molar-refractivity contribution is -0.112. The van der Waals surface area contributed by atoms with Gasteiger partial charge < -0.3 is 10.2 Å². The van der Waals surface area contributed by atoms with E-state index in [1.54, 1.807) is 29.2 Å². The van der Waals surface area contributed by atoms with E-state index in [1.807, 2.05) is 6.92 Å². The molecule has 1 aliphatic heterocycles. The van der Waals surface area contributed by atoms with Crippen LogP contribution in [0.5, 0.6) is 0 Å². The van der Waals surface area contributed by atoms with Crippen LogP contribution in [0.2, 0.25) is 5.02 Å². The fraction of sp³-hybridized carbons (Fsp3) is 0.118. The molecule has 1 heterocycles. The molecule has 3 rings (SSSR count). The Labute approximate surface area is 172 Å². The standard InChI is InChI=1S/C17H16ClN5O3S2/c1-2-23-14-8-10(18)6-7-13(14)15(16(23)24)21-22-17(27)20-11-4-3-5-12(9-11)28(19,25)26/h3-9H,2H2,1H3,(H2,19,25,26)(H2,20,22,27). The zero-order valence-electron chi connectivity index (χ0n) is 14.6. The van der Waals surface area contributed by atoms with E-state index in [9.17, 15) is 13.2 Å². The number of likely N-dealkylation sites (N-methyl/N-ethyl adjacent to an activating group) is 1. The Kier molecular flexibility index (Phi) is 5.66. The van der Waals surface area contributed by atoms with Gasteiger partial charge in [0.25, 0.3) is 5.91 Å². The third-order valence-corrected chi connectivity index (χ3v) is 5.30. The van der Waals surface area contributed by atoms with E-state index in [-0.39, 0.29) is 21.6 Å². The van der Waals surface area contributed by atoms with E-state index in [1.165, 1.54) is 18.2 Å². The summed E-state index contributed by atoms with van der Waals surface area (Å²) in [5, 5.41) is 12.6. The highest BCUT2D eigenvalue weighted by atomic mass is 35.5. The first-order chi connectivity index (χ1) is 13.2. The molecule has 0 saturated carbocycles. The second-order valence-corrected chi connectivity index (χ2v) is 8.22. The Hall–Kier alpha value is -2.53. The van der Waals surface area contributed by atoms with E-state index in [4.69, 9.17) is 29.0 Å². The van der Waals surface area contributed by atoms with Crippen molar-refractivity contribution in [1.82, 2.24) is 5.43 Å². The lowest BCUT2D eigenvalue weighted by Gasteiger charge is -2.13. The minimum absolute atomic E-state index is 0.0537. The molecular formula is C17H16ClN5O3S2. The fourth-order valence-corrected chi connectivity index (χ4v) is 3.61. The summed E-state index contributed by atoms with van der Waals surface area (Å²) in [4.78, 5) is 14.1. The quantitative estimate of drug-likeness (QED) is 0.497. The third-order valence-electron chi connectivity index (χ3n) is 3.96. The van der Waals surface area contributed by atoms with Crippen LogP contribution in [0.4, 0.5) is 11.4 Å². The second-order valence-electron chi connectivity index (χ2n) is 5.81. The Morgan fingerprint density at radius 3 is 2.71 bits per heavy atom. The lowest BCUT2D eigenvalue weighted by atomic mass is 10.1. The van der Waals surface area contributed by atoms with Gasteiger partial charge in [0.15, 0.2) is 10.8 Å². The molecule has 8 nitrogen and oxygen atoms in total. The van der Waals surface area contributed by atoms with E-state index in [0.29, 0.717) is 28.5 Å². The van der Waals surface area contributed by atoms with E-state index < -0.39 is 10.0 Å². The Morgan fingerprint density at radius 2 is 2.04 bits per heavy atom. The summed E-state index contributed by atoms with van der Waals surface area (Å²) in [5.74, 6) is -0.272. The lowest BCUT2D eigenvalue weighted by Crippen LogP contribution is -2.32. The molecule has 0 bridgehead atoms. The molecule has 1 amide bonds. The maximum Gasteiger partial charge on any atom is 0.279 e. The van der Waals surface area contributed by atoms with Crippen LogP contribution < -0.4 is 20.8 Å². The number of thiocarbonyl (C=S) groups is 1. The highest BCUT2D eigenvalue weighted by Gasteiger charge is 2.33. The second kappa shape index (κ2) is 7.84. The number of hydrogen-bond acceptors (Lipinski definition) is 5. The first-order valence-electron chi connectivity index (χ1n) is 8.10. The third kappa shape index (κ3) is 4.14. The summed E-state index contributed by atoms with van der Waals surface area (Å²) in [5.41, 5.74) is 4.54. The number of nitrogens with two attached hydrogens (primary N) is 1. The topological polar surface area (TPSA) is 117 Å². The maximum absolute atomic E-state index is 12.6. The van der Waals surface area contributed by atoms with Gasteiger partial charge in [-0.3, -0.25) is 10.2 Å². The van der Waals surface area contributed by atoms with Crippen LogP contribution in [0, 0.1) is 0 Å². The van der Waals surface area contributed by atoms with Crippen molar-refractivity contribution in [1.29, 1.82) is 0 Å². The first-order valence-corrected chi connectivity index (χ1v) is 10.4. The molecular weight excluding hydrogens is 422 g/mol. The van der Waals surface area contributed by atoms with Crippen molar-refractivity contribution in [2.24, 2.45) is 10.2 Å². The number of hydrogen-bond donors (Lipinski definition) is 3. The average Bonchev–Trinajstić information content (AvgIpc) is 2.89. The number of nitrogens with zero attached hydrogens (tertiary/aromatic N) is 2. The van der Waals surface area contributed by atoms with Crippen molar-refractivity contribution in [2.45, 2.75) is 11.8 Å². The predicted molar refractivity (Wildman–Crippen MR) is 113 cm³/mol. The zero-order valence-corrected chi connectivity index (χ0v) is 17.0. The van der Waals surface area contributed by atoms with Crippen LogP contribution in [0.15, 0.2) is 52.5 Å². The summed E-state index contributed by atoms with van der Waals surface area (Å²) >= 11 is 11.2. The van der Waals surface area contributed by atoms with Gasteiger partial charge in [0.2, 0.25) is 10.0 Å². The minimum Gasteiger partial charge on any atom is -0.331 e. The van der Waals surface area contributed by atoms with Crippen molar-refractivity contribution in [3.63, 3.8) is 0 Å². The van der Waals surface area contributed by atoms with Gasteiger partial charge in [-0.1, -0.05) is 17.7 Å². The van der Waals surface area contributed by atoms with Crippen molar-refractivity contribution in [2.75, 3.05) is 16.8 Å². The summed E-state index contributed by atoms with van der Waals surface area (Å²) in [6.07, 6.45) is 0. The van der Waals surface area contributed by atoms with Gasteiger partial charge in [-0.15, -0.1) is 0 Å². The monoisotopic (exact) mass is 437 g/mol. The predicted octanol–water partition coefficient (Wildman–Crippen LogP) is 2.04. The molecule has 0 aromatic heterocycles. The smallest absolute Gasteiger partial charge is 0.279 e. The van der Waals surface area contributed by atoms with Crippen LogP contribution in [0.25, 0.3) is 0 Å². The molecule has 2 aromatic rings. The molecule has 0 saturated heterocycles. The summed E-state index contributed by atoms with van der Waals surface area (Å²) in [6, 6.07) is 11.0. The van der Waals surface area contributed by atoms with Gasteiger partial charge in [0, 0.05) is 22.8 Å². The Balaban J connectivity index is 1.79. The number of halogens is 1. The van der Waals surface area contributed by atoms with Crippen LogP contribution in [-0.4, -0.2) is 31.7 Å². The van der Waals surface area contributed by atoms with Crippen molar-refractivity contribution in [3.05, 3.63) is 53.1 Å². The number of hydrazone groups is 1. The van der Waals surface area contributed by atoms with E-state index >= 15 is 0 Å². The number of rotatable bonds is 4. The molecule has 0 unspecified atom stereocenters. The van der Waals surface area contributed by atoms with E-state index in [2.05, 4.69) is 15.8 Å². The number of carbonyl (C=O) groups is 1. The number of sulfonamides is 1. The molecule has 146 valence electrons. The van der Waals surface area contributed by atoms with E-state index in [0.717, 1.165) is 0 Å². The van der Waals surface area contributed by atoms with Crippen molar-refractivity contribution >= 4 is 61.9 Å². The maximum atomic E-state index is 12.6. The van der Waals surface area contributed by atoms with Crippen LogP contribution in [0.3, 0.4) is 0 Å². The average molecular weight is 438 g/mol. The number of fused-ring (bicyclic) bond motifs is 1. The molecule has 0 radical (unpaired) electrons. The SMILES string of the molecule is CCN1C(=O)C(=NNC(=S)Nc2cccc(S(N)(=O)=O)c2)c2ccc(Cl)cc21. The molecule has 4 N–H and O–H groups in total. The fourth-order valence-electron chi connectivity index (χ4n) is 2.72. The van der Waals surface area contributed by atoms with Gasteiger partial charge in [-0.2, -0.15) is 5.10 Å². The number of nitrogens with one attached hydrogen (secondary N) is 2. The number of amides is 1. The summed E-state index contributed by atoms with van der Waals surface area (Å²) < 4.78 is 22.9. The van der Waals surface area contributed by atoms with Crippen molar-refractivity contribution in [3.8, 4) is 0 Å². The Bertz CT molecular complexity index is 1100. The highest BCUT2D eigenvalue weighted by Crippen LogP contribution is 2.31.